The van der Waals surface area contributed by atoms with E-state index in [1.807, 2.05) is 47.1 Å². The zero-order valence-electron chi connectivity index (χ0n) is 22.1. The van der Waals surface area contributed by atoms with Gasteiger partial charge in [-0.3, -0.25) is 4.40 Å². The Kier molecular flexibility index (Phi) is 6.88. The third kappa shape index (κ3) is 4.76. The van der Waals surface area contributed by atoms with Gasteiger partial charge in [-0.15, -0.1) is 0 Å². The summed E-state index contributed by atoms with van der Waals surface area (Å²) in [6, 6.07) is 12.2. The zero-order valence-corrected chi connectivity index (χ0v) is 22.9. The van der Waals surface area contributed by atoms with Crippen LogP contribution in [-0.2, 0) is 6.42 Å². The molecule has 0 unspecified atom stereocenters. The van der Waals surface area contributed by atoms with Crippen LogP contribution in [0.15, 0.2) is 55.0 Å². The maximum Gasteiger partial charge on any atom is 0.225 e. The normalized spacial score (nSPS) is 14.0. The first kappa shape index (κ1) is 25.9. The molecule has 0 radical (unpaired) electrons. The van der Waals surface area contributed by atoms with Crippen molar-refractivity contribution >= 4 is 33.9 Å². The maximum atomic E-state index is 13.5. The molecule has 0 spiro atoms. The monoisotopic (exact) mass is 554 g/mol. The van der Waals surface area contributed by atoms with Gasteiger partial charge in [0.25, 0.3) is 0 Å². The lowest BCUT2D eigenvalue weighted by atomic mass is 10.1. The lowest BCUT2D eigenvalue weighted by Gasteiger charge is -2.29. The molecule has 1 aliphatic heterocycles. The molecule has 5 aromatic rings. The first-order valence-electron chi connectivity index (χ1n) is 13.1. The molecule has 0 bridgehead atoms. The molecule has 40 heavy (non-hydrogen) atoms. The number of thiazole rings is 1. The van der Waals surface area contributed by atoms with Gasteiger partial charge in [0.15, 0.2) is 5.13 Å². The molecule has 9 nitrogen and oxygen atoms in total. The van der Waals surface area contributed by atoms with Crippen molar-refractivity contribution in [2.75, 3.05) is 29.9 Å². The number of aliphatic hydroxyl groups is 1. The topological polar surface area (TPSA) is 106 Å². The Labute approximate surface area is 234 Å². The first-order valence-corrected chi connectivity index (χ1v) is 13.9. The van der Waals surface area contributed by atoms with Gasteiger partial charge in [-0.2, -0.15) is 5.26 Å². The quantitative estimate of drug-likeness (QED) is 0.305. The third-order valence-corrected chi connectivity index (χ3v) is 8.19. The summed E-state index contributed by atoms with van der Waals surface area (Å²) in [4.78, 5) is 23.3. The van der Waals surface area contributed by atoms with Crippen LogP contribution in [0.4, 0.5) is 21.3 Å². The van der Waals surface area contributed by atoms with Crippen LogP contribution in [0.2, 0.25) is 0 Å². The van der Waals surface area contributed by atoms with Crippen molar-refractivity contribution in [1.29, 1.82) is 5.26 Å². The first-order chi connectivity index (χ1) is 19.4. The summed E-state index contributed by atoms with van der Waals surface area (Å²) >= 11 is 1.29. The largest absolute Gasteiger partial charge is 0.393 e. The highest BCUT2D eigenvalue weighted by molar-refractivity contribution is 7.16. The van der Waals surface area contributed by atoms with Crippen LogP contribution in [0.1, 0.15) is 30.3 Å². The van der Waals surface area contributed by atoms with Crippen molar-refractivity contribution in [2.45, 2.75) is 32.3 Å². The lowest BCUT2D eigenvalue weighted by Crippen LogP contribution is -2.36. The van der Waals surface area contributed by atoms with E-state index in [-0.39, 0.29) is 11.9 Å². The summed E-state index contributed by atoms with van der Waals surface area (Å²) in [5.41, 5.74) is 4.73. The summed E-state index contributed by atoms with van der Waals surface area (Å²) in [6.07, 6.45) is 7.57. The van der Waals surface area contributed by atoms with E-state index in [1.54, 1.807) is 12.1 Å². The smallest absolute Gasteiger partial charge is 0.225 e. The van der Waals surface area contributed by atoms with Gasteiger partial charge in [0.05, 0.1) is 11.8 Å². The number of anilines is 3. The van der Waals surface area contributed by atoms with Gasteiger partial charge < -0.3 is 14.9 Å². The Morgan fingerprint density at radius 3 is 2.42 bits per heavy atom. The molecule has 0 amide bonds. The molecule has 0 atom stereocenters. The van der Waals surface area contributed by atoms with Crippen molar-refractivity contribution in [2.24, 2.45) is 0 Å². The number of piperidine rings is 1. The predicted octanol–water partition coefficient (Wildman–Crippen LogP) is 5.22. The Balaban J connectivity index is 1.35. The molecule has 5 heterocycles. The summed E-state index contributed by atoms with van der Waals surface area (Å²) < 4.78 is 15.5. The van der Waals surface area contributed by atoms with Gasteiger partial charge in [-0.1, -0.05) is 18.3 Å². The van der Waals surface area contributed by atoms with Gasteiger partial charge in [0.2, 0.25) is 5.95 Å². The molecule has 4 aromatic heterocycles. The fourth-order valence-corrected chi connectivity index (χ4v) is 5.81. The van der Waals surface area contributed by atoms with Gasteiger partial charge in [-0.05, 0) is 55.7 Å². The molecule has 1 saturated heterocycles. The average Bonchev–Trinajstić information content (AvgIpc) is 3.59. The van der Waals surface area contributed by atoms with E-state index < -0.39 is 0 Å². The van der Waals surface area contributed by atoms with E-state index in [9.17, 15) is 14.8 Å². The minimum absolute atomic E-state index is 0.247. The van der Waals surface area contributed by atoms with Crippen molar-refractivity contribution < 1.29 is 9.50 Å². The van der Waals surface area contributed by atoms with Crippen LogP contribution in [0, 0.1) is 17.1 Å². The Morgan fingerprint density at radius 2 is 1.75 bits per heavy atom. The number of aryl methyl sites for hydroxylation is 1. The molecule has 1 aliphatic rings. The molecule has 6 rings (SSSR count). The van der Waals surface area contributed by atoms with Gasteiger partial charge >= 0.3 is 0 Å². The van der Waals surface area contributed by atoms with Gasteiger partial charge in [0, 0.05) is 55.4 Å². The van der Waals surface area contributed by atoms with Crippen LogP contribution in [-0.4, -0.2) is 55.7 Å². The highest BCUT2D eigenvalue weighted by atomic mass is 32.1. The Hall–Kier alpha value is -4.40. The SMILES string of the molecule is CCc1nc2ccc(-c3cnc(N4CCC(O)CC4)nc3)cn2c1N(C)c1nc(-c2ccc(F)cc2)c(C#N)s1. The second-order valence-corrected chi connectivity index (χ2v) is 10.7. The van der Waals surface area contributed by atoms with E-state index in [1.165, 1.54) is 23.5 Å². The van der Waals surface area contributed by atoms with E-state index in [0.29, 0.717) is 33.6 Å². The molecular formula is C29H27FN8OS. The second kappa shape index (κ2) is 10.6. The highest BCUT2D eigenvalue weighted by Gasteiger charge is 2.23. The standard InChI is InChI=1S/C29H27FN8OS/c1-3-23-27(36(2)29-35-26(24(14-31)40-29)18-4-7-21(30)8-5-18)38-17-19(6-9-25(38)34-23)20-15-32-28(33-16-20)37-12-10-22(39)11-13-37/h4-9,15-17,22,39H,3,10-13H2,1-2H3. The zero-order chi connectivity index (χ0) is 27.8. The summed E-state index contributed by atoms with van der Waals surface area (Å²) in [5, 5.41) is 20.2. The number of nitrogens with zero attached hydrogens (tertiary/aromatic N) is 8. The second-order valence-electron chi connectivity index (χ2n) is 9.72. The van der Waals surface area contributed by atoms with Crippen LogP contribution in [0.25, 0.3) is 28.0 Å². The molecule has 1 aromatic carbocycles. The Bertz CT molecular complexity index is 1700. The average molecular weight is 555 g/mol. The summed E-state index contributed by atoms with van der Waals surface area (Å²) in [6.45, 7) is 3.53. The van der Waals surface area contributed by atoms with Crippen molar-refractivity contribution in [3.8, 4) is 28.5 Å². The number of aliphatic hydroxyl groups excluding tert-OH is 1. The van der Waals surface area contributed by atoms with Crippen LogP contribution in [0.5, 0.6) is 0 Å². The minimum atomic E-state index is -0.338. The number of fused-ring (bicyclic) bond motifs is 1. The van der Waals surface area contributed by atoms with Gasteiger partial charge in [0.1, 0.15) is 33.9 Å². The lowest BCUT2D eigenvalue weighted by molar-refractivity contribution is 0.145. The number of halogens is 1. The van der Waals surface area contributed by atoms with Crippen LogP contribution >= 0.6 is 11.3 Å². The number of aromatic nitrogens is 5. The van der Waals surface area contributed by atoms with E-state index in [0.717, 1.165) is 54.2 Å². The number of nitriles is 1. The maximum absolute atomic E-state index is 13.5. The molecule has 11 heteroatoms. The third-order valence-electron chi connectivity index (χ3n) is 7.16. The molecule has 1 N–H and O–H groups in total. The van der Waals surface area contributed by atoms with Crippen molar-refractivity contribution in [3.05, 3.63) is 71.4 Å². The fraction of sp³-hybridized carbons (Fsp3) is 0.276. The number of hydrogen-bond acceptors (Lipinski definition) is 9. The fourth-order valence-electron chi connectivity index (χ4n) is 4.97. The number of imidazole rings is 1. The molecule has 0 aliphatic carbocycles. The highest BCUT2D eigenvalue weighted by Crippen LogP contribution is 2.37. The molecular weight excluding hydrogens is 527 g/mol. The molecule has 202 valence electrons. The van der Waals surface area contributed by atoms with Gasteiger partial charge in [-0.25, -0.2) is 24.3 Å². The minimum Gasteiger partial charge on any atom is -0.393 e. The van der Waals surface area contributed by atoms with E-state index in [4.69, 9.17) is 9.97 Å². The molecule has 0 saturated carbocycles. The Morgan fingerprint density at radius 1 is 1.05 bits per heavy atom. The molecule has 1 fully saturated rings. The van der Waals surface area contributed by atoms with E-state index in [2.05, 4.69) is 27.9 Å². The summed E-state index contributed by atoms with van der Waals surface area (Å²) in [5.74, 6) is 1.19. The van der Waals surface area contributed by atoms with Crippen LogP contribution < -0.4 is 9.80 Å². The summed E-state index contributed by atoms with van der Waals surface area (Å²) in [7, 11) is 1.91. The van der Waals surface area contributed by atoms with E-state index >= 15 is 0 Å². The van der Waals surface area contributed by atoms with Crippen molar-refractivity contribution in [1.82, 2.24) is 24.3 Å². The number of pyridine rings is 1. The number of hydrogen-bond donors (Lipinski definition) is 1. The predicted molar refractivity (Wildman–Crippen MR) is 153 cm³/mol. The number of benzene rings is 1. The van der Waals surface area contributed by atoms with Crippen LogP contribution in [0.3, 0.4) is 0 Å². The number of rotatable bonds is 6. The van der Waals surface area contributed by atoms with Crippen molar-refractivity contribution in [3.63, 3.8) is 0 Å².